The molecule has 2 aromatic carbocycles. The highest BCUT2D eigenvalue weighted by Crippen LogP contribution is 2.26. The fourth-order valence-corrected chi connectivity index (χ4v) is 5.71. The second-order valence-electron chi connectivity index (χ2n) is 10.5. The predicted octanol–water partition coefficient (Wildman–Crippen LogP) is 4.98. The second-order valence-corrected chi connectivity index (χ2v) is 11.0. The number of rotatable bonds is 9. The zero-order chi connectivity index (χ0) is 27.2. The average Bonchev–Trinajstić information content (AvgIpc) is 3.31. The maximum absolute atomic E-state index is 14.1. The van der Waals surface area contributed by atoms with Gasteiger partial charge in [0.05, 0.1) is 17.3 Å². The highest BCUT2D eigenvalue weighted by molar-refractivity contribution is 6.30. The maximum atomic E-state index is 14.1. The quantitative estimate of drug-likeness (QED) is 0.377. The number of para-hydroxylation sites is 1. The summed E-state index contributed by atoms with van der Waals surface area (Å²) >= 11 is 6.13. The van der Waals surface area contributed by atoms with Crippen molar-refractivity contribution in [3.63, 3.8) is 0 Å². The number of carbonyl (C=O) groups is 1. The molecule has 9 heteroatoms. The third-order valence-electron chi connectivity index (χ3n) is 7.73. The molecule has 7 nitrogen and oxygen atoms in total. The van der Waals surface area contributed by atoms with Crippen molar-refractivity contribution in [2.45, 2.75) is 32.7 Å². The van der Waals surface area contributed by atoms with E-state index in [-0.39, 0.29) is 17.6 Å². The average molecular weight is 554 g/mol. The van der Waals surface area contributed by atoms with E-state index in [0.29, 0.717) is 29.7 Å². The van der Waals surface area contributed by atoms with Crippen molar-refractivity contribution in [2.75, 3.05) is 57.3 Å². The molecule has 0 unspecified atom stereocenters. The molecule has 0 spiro atoms. The number of carbonyl (C=O) groups excluding carboxylic acids is 1. The van der Waals surface area contributed by atoms with Crippen LogP contribution in [0.15, 0.2) is 52.9 Å². The largest absolute Gasteiger partial charge is 0.441 e. The predicted molar refractivity (Wildman–Crippen MR) is 152 cm³/mol. The van der Waals surface area contributed by atoms with Crippen LogP contribution in [0.3, 0.4) is 0 Å². The molecule has 208 valence electrons. The fourth-order valence-electron chi connectivity index (χ4n) is 5.52. The number of aryl methyl sites for hydroxylation is 1. The van der Waals surface area contributed by atoms with Crippen LogP contribution in [0.5, 0.6) is 0 Å². The lowest BCUT2D eigenvalue weighted by atomic mass is 9.97. The number of benzene rings is 2. The summed E-state index contributed by atoms with van der Waals surface area (Å²) in [6, 6.07) is 14.5. The number of aromatic nitrogens is 1. The summed E-state index contributed by atoms with van der Waals surface area (Å²) in [6.45, 7) is 9.32. The number of amides is 1. The summed E-state index contributed by atoms with van der Waals surface area (Å²) in [7, 11) is 0. The smallest absolute Gasteiger partial charge is 0.226 e. The van der Waals surface area contributed by atoms with Crippen LogP contribution in [0, 0.1) is 18.7 Å². The summed E-state index contributed by atoms with van der Waals surface area (Å²) in [6.07, 6.45) is 2.81. The van der Waals surface area contributed by atoms with Gasteiger partial charge in [-0.3, -0.25) is 14.6 Å². The molecule has 1 amide bonds. The highest BCUT2D eigenvalue weighted by Gasteiger charge is 2.27. The molecular formula is C30H37ClFN5O2. The number of oxazole rings is 1. The van der Waals surface area contributed by atoms with Crippen LogP contribution >= 0.6 is 11.6 Å². The third kappa shape index (κ3) is 7.18. The molecule has 5 rings (SSSR count). The lowest BCUT2D eigenvalue weighted by Gasteiger charge is -2.36. The molecule has 3 heterocycles. The van der Waals surface area contributed by atoms with Crippen LogP contribution in [0.25, 0.3) is 11.5 Å². The van der Waals surface area contributed by atoms with E-state index in [1.807, 2.05) is 43.3 Å². The Kier molecular flexibility index (Phi) is 9.17. The summed E-state index contributed by atoms with van der Waals surface area (Å²) in [5.74, 6) is 1.34. The first-order valence-electron chi connectivity index (χ1n) is 13.9. The molecule has 2 fully saturated rings. The Morgan fingerprint density at radius 2 is 1.92 bits per heavy atom. The van der Waals surface area contributed by atoms with Crippen LogP contribution in [0.2, 0.25) is 5.02 Å². The second kappa shape index (κ2) is 12.9. The van der Waals surface area contributed by atoms with Gasteiger partial charge >= 0.3 is 0 Å². The van der Waals surface area contributed by atoms with E-state index in [1.54, 1.807) is 6.07 Å². The van der Waals surface area contributed by atoms with Crippen molar-refractivity contribution in [2.24, 2.45) is 5.92 Å². The van der Waals surface area contributed by atoms with Gasteiger partial charge in [0.1, 0.15) is 11.6 Å². The van der Waals surface area contributed by atoms with Crippen molar-refractivity contribution >= 4 is 23.2 Å². The summed E-state index contributed by atoms with van der Waals surface area (Å²) < 4.78 is 20.0. The Hall–Kier alpha value is -2.94. The number of halogens is 2. The van der Waals surface area contributed by atoms with Gasteiger partial charge < -0.3 is 14.6 Å². The minimum atomic E-state index is -0.159. The first kappa shape index (κ1) is 27.6. The molecule has 2 aliphatic rings. The number of piperazine rings is 1. The molecule has 3 aromatic rings. The first-order chi connectivity index (χ1) is 19.0. The van der Waals surface area contributed by atoms with E-state index >= 15 is 0 Å². The Morgan fingerprint density at radius 1 is 1.10 bits per heavy atom. The Labute approximate surface area is 234 Å². The zero-order valence-electron chi connectivity index (χ0n) is 22.5. The van der Waals surface area contributed by atoms with Crippen LogP contribution < -0.4 is 10.2 Å². The van der Waals surface area contributed by atoms with E-state index < -0.39 is 0 Å². The minimum absolute atomic E-state index is 0.0114. The normalized spacial score (nSPS) is 18.8. The Morgan fingerprint density at radius 3 is 2.72 bits per heavy atom. The Balaban J connectivity index is 1.03. The topological polar surface area (TPSA) is 64.9 Å². The van der Waals surface area contributed by atoms with Gasteiger partial charge in [0.25, 0.3) is 0 Å². The van der Waals surface area contributed by atoms with Crippen LogP contribution in [-0.4, -0.2) is 73.0 Å². The molecular weight excluding hydrogens is 517 g/mol. The zero-order valence-corrected chi connectivity index (χ0v) is 23.3. The van der Waals surface area contributed by atoms with Crippen molar-refractivity contribution < 1.29 is 13.6 Å². The minimum Gasteiger partial charge on any atom is -0.441 e. The summed E-state index contributed by atoms with van der Waals surface area (Å²) in [5.41, 5.74) is 2.45. The fraction of sp³-hybridized carbons (Fsp3) is 0.467. The highest BCUT2D eigenvalue weighted by atomic mass is 35.5. The molecule has 39 heavy (non-hydrogen) atoms. The van der Waals surface area contributed by atoms with E-state index in [9.17, 15) is 9.18 Å². The summed E-state index contributed by atoms with van der Waals surface area (Å²) in [5, 5.41) is 3.81. The van der Waals surface area contributed by atoms with Crippen molar-refractivity contribution in [1.82, 2.24) is 20.1 Å². The summed E-state index contributed by atoms with van der Waals surface area (Å²) in [4.78, 5) is 24.5. The molecule has 0 bridgehead atoms. The molecule has 2 saturated heterocycles. The number of hydrogen-bond donors (Lipinski definition) is 1. The van der Waals surface area contributed by atoms with Gasteiger partial charge in [-0.2, -0.15) is 0 Å². The van der Waals surface area contributed by atoms with E-state index in [1.165, 1.54) is 6.07 Å². The first-order valence-corrected chi connectivity index (χ1v) is 14.3. The standard InChI is InChI=1S/C30H37ClFN5O2/c1-22-27(34-30(39-22)23-7-4-9-25(31)19-23)21-36-13-5-8-24(20-36)29(38)33-12-6-14-35-15-17-37(18-16-35)28-11-3-2-10-26(28)32/h2-4,7,9-11,19,24H,5-6,8,12-18,20-21H2,1H3,(H,33,38)/t24-/m0/s1. The molecule has 2 aliphatic heterocycles. The van der Waals surface area contributed by atoms with Crippen LogP contribution in [-0.2, 0) is 11.3 Å². The Bertz CT molecular complexity index is 1260. The van der Waals surface area contributed by atoms with Gasteiger partial charge in [-0.1, -0.05) is 29.8 Å². The number of piperidine rings is 1. The van der Waals surface area contributed by atoms with Crippen molar-refractivity contribution in [3.8, 4) is 11.5 Å². The lowest BCUT2D eigenvalue weighted by molar-refractivity contribution is -0.126. The van der Waals surface area contributed by atoms with Crippen LogP contribution in [0.4, 0.5) is 10.1 Å². The molecule has 0 saturated carbocycles. The van der Waals surface area contributed by atoms with Gasteiger partial charge in [-0.15, -0.1) is 0 Å². The van der Waals surface area contributed by atoms with Gasteiger partial charge in [0.15, 0.2) is 0 Å². The molecule has 1 aromatic heterocycles. The number of nitrogens with zero attached hydrogens (tertiary/aromatic N) is 4. The molecule has 1 atom stereocenters. The lowest BCUT2D eigenvalue weighted by Crippen LogP contribution is -2.47. The van der Waals surface area contributed by atoms with E-state index in [4.69, 9.17) is 21.0 Å². The third-order valence-corrected chi connectivity index (χ3v) is 7.96. The monoisotopic (exact) mass is 553 g/mol. The van der Waals surface area contributed by atoms with Gasteiger partial charge in [-0.25, -0.2) is 9.37 Å². The number of hydrogen-bond acceptors (Lipinski definition) is 6. The van der Waals surface area contributed by atoms with Crippen molar-refractivity contribution in [3.05, 3.63) is 70.8 Å². The number of likely N-dealkylation sites (tertiary alicyclic amines) is 1. The number of anilines is 1. The maximum Gasteiger partial charge on any atom is 0.226 e. The van der Waals surface area contributed by atoms with Crippen molar-refractivity contribution in [1.29, 1.82) is 0 Å². The van der Waals surface area contributed by atoms with E-state index in [2.05, 4.69) is 20.0 Å². The molecule has 1 N–H and O–H groups in total. The number of nitrogens with one attached hydrogen (secondary N) is 1. The van der Waals surface area contributed by atoms with Crippen LogP contribution in [0.1, 0.15) is 30.7 Å². The molecule has 0 radical (unpaired) electrons. The molecule has 0 aliphatic carbocycles. The SMILES string of the molecule is Cc1oc(-c2cccc(Cl)c2)nc1CN1CCC[C@H](C(=O)NCCCN2CCN(c3ccccc3F)CC2)C1. The van der Waals surface area contributed by atoms with Gasteiger partial charge in [0, 0.05) is 56.4 Å². The van der Waals surface area contributed by atoms with E-state index in [0.717, 1.165) is 82.1 Å². The van der Waals surface area contributed by atoms with Gasteiger partial charge in [0.2, 0.25) is 11.8 Å². The van der Waals surface area contributed by atoms with Gasteiger partial charge in [-0.05, 0) is 69.6 Å².